The number of hydrogen-bond donors (Lipinski definition) is 1. The van der Waals surface area contributed by atoms with Crippen LogP contribution in [0.25, 0.3) is 0 Å². The molecule has 0 aliphatic rings. The molecule has 0 aromatic carbocycles. The van der Waals surface area contributed by atoms with Crippen molar-refractivity contribution in [3.05, 3.63) is 30.1 Å². The van der Waals surface area contributed by atoms with E-state index in [1.807, 2.05) is 18.3 Å². The predicted octanol–water partition coefficient (Wildman–Crippen LogP) is 1.56. The maximum absolute atomic E-state index is 5.31. The highest BCUT2D eigenvalue weighted by atomic mass is 32.2. The number of nitrogens with two attached hydrogens (primary N) is 1. The van der Waals surface area contributed by atoms with Gasteiger partial charge in [0, 0.05) is 18.1 Å². The Morgan fingerprint density at radius 2 is 2.55 bits per heavy atom. The lowest BCUT2D eigenvalue weighted by molar-refractivity contribution is 1.25. The quantitative estimate of drug-likeness (QED) is 0.708. The molecule has 58 valence electrons. The second-order valence-corrected chi connectivity index (χ2v) is 3.68. The number of rotatable bonds is 2. The Balaban J connectivity index is 2.45. The number of pyridine rings is 1. The zero-order valence-corrected chi connectivity index (χ0v) is 7.49. The van der Waals surface area contributed by atoms with Gasteiger partial charge in [0.1, 0.15) is 4.32 Å². The van der Waals surface area contributed by atoms with Crippen LogP contribution in [0.15, 0.2) is 24.5 Å². The van der Waals surface area contributed by atoms with Gasteiger partial charge < -0.3 is 5.73 Å². The van der Waals surface area contributed by atoms with Crippen molar-refractivity contribution >= 4 is 28.3 Å². The lowest BCUT2D eigenvalue weighted by Crippen LogP contribution is -2.01. The Morgan fingerprint density at radius 1 is 1.73 bits per heavy atom. The Morgan fingerprint density at radius 3 is 3.09 bits per heavy atom. The van der Waals surface area contributed by atoms with Gasteiger partial charge in [0.25, 0.3) is 0 Å². The summed E-state index contributed by atoms with van der Waals surface area (Å²) in [4.78, 5) is 3.97. The lowest BCUT2D eigenvalue weighted by Gasteiger charge is -1.96. The van der Waals surface area contributed by atoms with Crippen LogP contribution in [0, 0.1) is 0 Å². The van der Waals surface area contributed by atoms with Crippen molar-refractivity contribution in [3.63, 3.8) is 0 Å². The topological polar surface area (TPSA) is 38.9 Å². The van der Waals surface area contributed by atoms with Gasteiger partial charge in [0.05, 0.1) is 0 Å². The van der Waals surface area contributed by atoms with Crippen LogP contribution in [-0.4, -0.2) is 9.30 Å². The van der Waals surface area contributed by atoms with E-state index in [0.717, 1.165) is 11.3 Å². The van der Waals surface area contributed by atoms with Crippen LogP contribution in [0.5, 0.6) is 0 Å². The first kappa shape index (κ1) is 8.49. The third-order valence-electron chi connectivity index (χ3n) is 1.10. The molecule has 0 aliphatic heterocycles. The summed E-state index contributed by atoms with van der Waals surface area (Å²) in [6, 6.07) is 3.90. The Bertz CT molecular complexity index is 235. The molecule has 0 fully saturated rings. The van der Waals surface area contributed by atoms with Crippen LogP contribution in [0.2, 0.25) is 0 Å². The first-order valence-corrected chi connectivity index (χ1v) is 4.49. The van der Waals surface area contributed by atoms with E-state index in [1.165, 1.54) is 11.8 Å². The minimum atomic E-state index is 0.480. The monoisotopic (exact) mass is 184 g/mol. The largest absolute Gasteiger partial charge is 0.385 e. The minimum absolute atomic E-state index is 0.480. The second-order valence-electron chi connectivity index (χ2n) is 1.97. The summed E-state index contributed by atoms with van der Waals surface area (Å²) in [5, 5.41) is 0. The molecule has 1 rings (SSSR count). The zero-order chi connectivity index (χ0) is 8.10. The third-order valence-corrected chi connectivity index (χ3v) is 2.22. The predicted molar refractivity (Wildman–Crippen MR) is 52.3 cm³/mol. The minimum Gasteiger partial charge on any atom is -0.385 e. The van der Waals surface area contributed by atoms with E-state index >= 15 is 0 Å². The maximum Gasteiger partial charge on any atom is 0.131 e. The van der Waals surface area contributed by atoms with E-state index < -0.39 is 0 Å². The number of thiocarbonyl (C=S) groups is 1. The summed E-state index contributed by atoms with van der Waals surface area (Å²) in [7, 11) is 0. The first-order valence-electron chi connectivity index (χ1n) is 3.10. The highest BCUT2D eigenvalue weighted by Crippen LogP contribution is 2.09. The molecule has 1 aromatic rings. The van der Waals surface area contributed by atoms with Gasteiger partial charge in [-0.3, -0.25) is 4.98 Å². The van der Waals surface area contributed by atoms with E-state index in [9.17, 15) is 0 Å². The Hall–Kier alpha value is -0.610. The molecule has 1 aromatic heterocycles. The molecule has 0 radical (unpaired) electrons. The molecular weight excluding hydrogens is 176 g/mol. The Labute approximate surface area is 75.2 Å². The standard InChI is InChI=1S/C7H8N2S2/c8-7(10)11-5-6-2-1-3-9-4-6/h1-4H,5H2,(H2,8,10). The molecule has 0 aliphatic carbocycles. The lowest BCUT2D eigenvalue weighted by atomic mass is 10.3. The van der Waals surface area contributed by atoms with Gasteiger partial charge in [-0.2, -0.15) is 0 Å². The fourth-order valence-electron chi connectivity index (χ4n) is 0.638. The molecule has 0 spiro atoms. The average Bonchev–Trinajstić information content (AvgIpc) is 2.03. The summed E-state index contributed by atoms with van der Waals surface area (Å²) in [6.45, 7) is 0. The van der Waals surface area contributed by atoms with Gasteiger partial charge in [-0.05, 0) is 11.6 Å². The normalized spacial score (nSPS) is 9.45. The van der Waals surface area contributed by atoms with E-state index in [4.69, 9.17) is 18.0 Å². The van der Waals surface area contributed by atoms with Crippen molar-refractivity contribution in [2.45, 2.75) is 5.75 Å². The Kier molecular flexibility index (Phi) is 3.32. The fraction of sp³-hybridized carbons (Fsp3) is 0.143. The molecule has 0 saturated carbocycles. The number of hydrogen-bond acceptors (Lipinski definition) is 3. The van der Waals surface area contributed by atoms with Crippen LogP contribution in [0.1, 0.15) is 5.56 Å². The molecule has 0 saturated heterocycles. The van der Waals surface area contributed by atoms with E-state index in [1.54, 1.807) is 6.20 Å². The summed E-state index contributed by atoms with van der Waals surface area (Å²) in [5.41, 5.74) is 6.46. The molecule has 0 amide bonds. The number of aromatic nitrogens is 1. The smallest absolute Gasteiger partial charge is 0.131 e. The van der Waals surface area contributed by atoms with E-state index in [2.05, 4.69) is 4.98 Å². The third kappa shape index (κ3) is 3.34. The van der Waals surface area contributed by atoms with Crippen LogP contribution in [0.4, 0.5) is 0 Å². The number of thioether (sulfide) groups is 1. The number of nitrogens with zero attached hydrogens (tertiary/aromatic N) is 1. The molecule has 4 heteroatoms. The molecule has 1 heterocycles. The first-order chi connectivity index (χ1) is 5.29. The molecule has 2 N–H and O–H groups in total. The van der Waals surface area contributed by atoms with Crippen molar-refractivity contribution < 1.29 is 0 Å². The van der Waals surface area contributed by atoms with Crippen LogP contribution >= 0.6 is 24.0 Å². The molecule has 0 atom stereocenters. The van der Waals surface area contributed by atoms with Gasteiger partial charge in [-0.1, -0.05) is 30.0 Å². The summed E-state index contributed by atoms with van der Waals surface area (Å²) in [6.07, 6.45) is 3.56. The van der Waals surface area contributed by atoms with Gasteiger partial charge in [0.15, 0.2) is 0 Å². The van der Waals surface area contributed by atoms with Crippen LogP contribution < -0.4 is 5.73 Å². The van der Waals surface area contributed by atoms with Crippen molar-refractivity contribution in [3.8, 4) is 0 Å². The summed E-state index contributed by atoms with van der Waals surface area (Å²) < 4.78 is 0.480. The zero-order valence-electron chi connectivity index (χ0n) is 5.86. The molecular formula is C7H8N2S2. The van der Waals surface area contributed by atoms with Crippen LogP contribution in [0.3, 0.4) is 0 Å². The second kappa shape index (κ2) is 4.31. The van der Waals surface area contributed by atoms with Crippen molar-refractivity contribution in [1.82, 2.24) is 4.98 Å². The van der Waals surface area contributed by atoms with E-state index in [-0.39, 0.29) is 0 Å². The summed E-state index contributed by atoms with van der Waals surface area (Å²) in [5.74, 6) is 0.809. The average molecular weight is 184 g/mol. The molecule has 0 bridgehead atoms. The van der Waals surface area contributed by atoms with Gasteiger partial charge in [0.2, 0.25) is 0 Å². The van der Waals surface area contributed by atoms with E-state index in [0.29, 0.717) is 4.32 Å². The fourth-order valence-corrected chi connectivity index (χ4v) is 1.29. The van der Waals surface area contributed by atoms with Gasteiger partial charge in [-0.25, -0.2) is 0 Å². The SMILES string of the molecule is NC(=S)SCc1cccnc1. The highest BCUT2D eigenvalue weighted by Gasteiger charge is 1.93. The highest BCUT2D eigenvalue weighted by molar-refractivity contribution is 8.22. The van der Waals surface area contributed by atoms with Crippen molar-refractivity contribution in [2.75, 3.05) is 0 Å². The van der Waals surface area contributed by atoms with Crippen molar-refractivity contribution in [2.24, 2.45) is 5.73 Å². The molecule has 11 heavy (non-hydrogen) atoms. The molecule has 2 nitrogen and oxygen atoms in total. The molecule has 0 unspecified atom stereocenters. The van der Waals surface area contributed by atoms with Gasteiger partial charge >= 0.3 is 0 Å². The van der Waals surface area contributed by atoms with Crippen molar-refractivity contribution in [1.29, 1.82) is 0 Å². The van der Waals surface area contributed by atoms with Gasteiger partial charge in [-0.15, -0.1) is 0 Å². The van der Waals surface area contributed by atoms with Crippen LogP contribution in [-0.2, 0) is 5.75 Å². The maximum atomic E-state index is 5.31. The summed E-state index contributed by atoms with van der Waals surface area (Å²) >= 11 is 6.17.